The molecule has 24 nitrogen and oxygen atoms in total. The number of hydrogen-bond donors (Lipinski definition) is 3. The van der Waals surface area contributed by atoms with E-state index >= 15 is 24.0 Å². The van der Waals surface area contributed by atoms with Gasteiger partial charge in [-0.2, -0.15) is 13.2 Å². The van der Waals surface area contributed by atoms with Gasteiger partial charge in [0.05, 0.1) is 18.9 Å². The van der Waals surface area contributed by atoms with Crippen LogP contribution in [0.4, 0.5) is 13.2 Å². The molecule has 4 saturated heterocycles. The number of likely N-dealkylation sites (tertiary alicyclic amines) is 1. The minimum Gasteiger partial charge on any atom is -0.343 e. The summed E-state index contributed by atoms with van der Waals surface area (Å²) in [6, 6.07) is -10.7. The highest BCUT2D eigenvalue weighted by molar-refractivity contribution is 6.21. The predicted octanol–water partition coefficient (Wildman–Crippen LogP) is 6.24. The van der Waals surface area contributed by atoms with Crippen LogP contribution in [0.25, 0.3) is 0 Å². The normalized spacial score (nSPS) is 30.7. The van der Waals surface area contributed by atoms with Gasteiger partial charge in [0.25, 0.3) is 0 Å². The van der Waals surface area contributed by atoms with Crippen molar-refractivity contribution >= 4 is 82.5 Å². The number of piperidine rings is 1. The fraction of sp³-hybridized carbons (Fsp3) is 0.833. The van der Waals surface area contributed by atoms with Crippen LogP contribution >= 0.6 is 11.6 Å². The molecule has 3 aliphatic carbocycles. The summed E-state index contributed by atoms with van der Waals surface area (Å²) in [6.07, 6.45) is 5.52. The number of alkyl halides is 4. The van der Waals surface area contributed by atoms with E-state index in [0.717, 1.165) is 38.5 Å². The second kappa shape index (κ2) is 35.7. The molecule has 3 N–H and O–H groups in total. The molecule has 12 atom stereocenters. The van der Waals surface area contributed by atoms with Crippen molar-refractivity contribution in [2.24, 2.45) is 29.6 Å². The maximum absolute atomic E-state index is 15.5. The lowest BCUT2D eigenvalue weighted by Gasteiger charge is -2.45. The zero-order valence-corrected chi connectivity index (χ0v) is 62.3. The highest BCUT2D eigenvalue weighted by Crippen LogP contribution is 2.44. The van der Waals surface area contributed by atoms with Gasteiger partial charge in [0.1, 0.15) is 59.9 Å². The van der Waals surface area contributed by atoms with Gasteiger partial charge < -0.3 is 60.0 Å². The van der Waals surface area contributed by atoms with Crippen molar-refractivity contribution in [2.75, 3.05) is 75.0 Å². The van der Waals surface area contributed by atoms with Crippen LogP contribution in [0, 0.1) is 29.6 Å². The molecule has 12 amide bonds. The molecule has 0 aromatic heterocycles. The average molecular weight is 1430 g/mol. The summed E-state index contributed by atoms with van der Waals surface area (Å²) in [7, 11) is 8.69. The van der Waals surface area contributed by atoms with Crippen molar-refractivity contribution < 1.29 is 70.7 Å². The van der Waals surface area contributed by atoms with Crippen molar-refractivity contribution in [1.29, 1.82) is 0 Å². The van der Waals surface area contributed by atoms with Crippen LogP contribution in [-0.4, -0.2) is 261 Å². The van der Waals surface area contributed by atoms with Crippen molar-refractivity contribution in [3.63, 3.8) is 0 Å². The quantitative estimate of drug-likeness (QED) is 0.184. The van der Waals surface area contributed by atoms with E-state index in [9.17, 15) is 46.7 Å². The standard InChI is InChI=1S/C72H116ClF3N12O12/c1-13-14-26-51-64(94)81(8)46(6)63(93)88-38-32-54(88)67(97)83(10)56(41-47-24-17-15-18-25-47)66(96)80(7)43-58(89)77-52(31-29-48-28-30-49(50(73)40-48)72(74,75)76)65(95)87-37-23-27-53(87)62(92)79-71(33-19-20-34-71)70(100)85(12)60(45(4)5)69(99)84(11)57(68(98)86-35-21-16-22-36-86)42-59(90)82(9)55(39-44(2)3)61(91)78-51/h44-57,60H,13-43H2,1-12H3,(H,77,89)(H,78,91)(H,79,92)/t46-,48?,49?,50?,51-,52-,53-,54-,55-,56-,57-,60-/m0/s1. The molecule has 4 aliphatic heterocycles. The van der Waals surface area contributed by atoms with Gasteiger partial charge in [0, 0.05) is 73.8 Å². The second-order valence-corrected chi connectivity index (χ2v) is 31.4. The number of halogens is 4. The number of carbonyl (C=O) groups is 12. The zero-order valence-electron chi connectivity index (χ0n) is 61.5. The first-order chi connectivity index (χ1) is 47.1. The van der Waals surface area contributed by atoms with E-state index in [1.54, 1.807) is 18.7 Å². The van der Waals surface area contributed by atoms with Crippen molar-refractivity contribution in [3.8, 4) is 0 Å². The summed E-state index contributed by atoms with van der Waals surface area (Å²) in [5.41, 5.74) is -1.56. The van der Waals surface area contributed by atoms with E-state index in [1.807, 2.05) is 20.8 Å². The first-order valence-corrected chi connectivity index (χ1v) is 37.7. The molecule has 7 fully saturated rings. The first-order valence-electron chi connectivity index (χ1n) is 37.2. The maximum atomic E-state index is 15.5. The highest BCUT2D eigenvalue weighted by Gasteiger charge is 2.52. The number of carbonyl (C=O) groups excluding carboxylic acids is 12. The van der Waals surface area contributed by atoms with Crippen LogP contribution in [0.15, 0.2) is 0 Å². The molecule has 0 radical (unpaired) electrons. The summed E-state index contributed by atoms with van der Waals surface area (Å²) >= 11 is 6.41. The van der Waals surface area contributed by atoms with Crippen LogP contribution in [0.2, 0.25) is 0 Å². The highest BCUT2D eigenvalue weighted by atomic mass is 35.5. The van der Waals surface area contributed by atoms with Gasteiger partial charge in [-0.25, -0.2) is 0 Å². The molecule has 0 aromatic rings. The van der Waals surface area contributed by atoms with Gasteiger partial charge in [-0.1, -0.05) is 92.4 Å². The van der Waals surface area contributed by atoms with Crippen LogP contribution < -0.4 is 16.0 Å². The third kappa shape index (κ3) is 19.5. The van der Waals surface area contributed by atoms with Gasteiger partial charge >= 0.3 is 6.18 Å². The lowest BCUT2D eigenvalue weighted by atomic mass is 9.78. The molecular weight excluding hydrogens is 1320 g/mol. The molecule has 7 aliphatic rings. The summed E-state index contributed by atoms with van der Waals surface area (Å²) in [5, 5.41) is 7.60. The second-order valence-electron chi connectivity index (χ2n) is 30.9. The number of amides is 12. The number of rotatable bonds is 12. The molecule has 3 unspecified atom stereocenters. The van der Waals surface area contributed by atoms with E-state index in [0.29, 0.717) is 58.0 Å². The fourth-order valence-corrected chi connectivity index (χ4v) is 17.0. The van der Waals surface area contributed by atoms with Gasteiger partial charge in [-0.3, -0.25) is 57.5 Å². The number of fused-ring (bicyclic) bond motifs is 2. The summed E-state index contributed by atoms with van der Waals surface area (Å²) in [6.45, 7) is 11.1. The van der Waals surface area contributed by atoms with E-state index in [-0.39, 0.29) is 108 Å². The lowest BCUT2D eigenvalue weighted by molar-refractivity contribution is -0.182. The summed E-state index contributed by atoms with van der Waals surface area (Å²) < 4.78 is 42.0. The SMILES string of the molecule is CCCC[C@@H]1NC(=O)[C@H](CC(C)C)N(C)C(=O)C[C@@H](C(=O)N2CCCCC2)N(C)C(=O)[C@H](C(C)C)N(C)C(=O)C2(CCCC2)NC(=O)[C@@H]2CCCN2C(=O)[C@H](CCC2CCC(C(F)(F)F)C(Cl)C2)NC(=O)CN(C)C(=O)[C@H](CC2CCCCC2)N(C)C(=O)[C@@H]2CCN2C(=O)[C@H](C)N(C)C1=O. The topological polar surface area (TPSA) is 270 Å². The summed E-state index contributed by atoms with van der Waals surface area (Å²) in [5.74, 6) is -10.1. The van der Waals surface area contributed by atoms with E-state index < -0.39 is 167 Å². The van der Waals surface area contributed by atoms with Gasteiger partial charge in [0.15, 0.2) is 0 Å². The van der Waals surface area contributed by atoms with Crippen molar-refractivity contribution in [3.05, 3.63) is 0 Å². The predicted molar refractivity (Wildman–Crippen MR) is 370 cm³/mol. The number of unbranched alkanes of at least 4 members (excludes halogenated alkanes) is 1. The zero-order chi connectivity index (χ0) is 73.8. The first kappa shape index (κ1) is 81.0. The van der Waals surface area contributed by atoms with Crippen molar-refractivity contribution in [1.82, 2.24) is 60.0 Å². The minimum absolute atomic E-state index is 0.00178. The van der Waals surface area contributed by atoms with Gasteiger partial charge in [0.2, 0.25) is 70.9 Å². The van der Waals surface area contributed by atoms with E-state index in [4.69, 9.17) is 11.6 Å². The Hall–Kier alpha value is -6.28. The van der Waals surface area contributed by atoms with Crippen molar-refractivity contribution in [2.45, 2.75) is 280 Å². The number of nitrogens with zero attached hydrogens (tertiary/aromatic N) is 9. The number of likely N-dealkylation sites (N-methyl/N-ethyl adjacent to an activating group) is 6. The molecule has 1 spiro atoms. The number of nitrogens with one attached hydrogen (secondary N) is 3. The smallest absolute Gasteiger partial charge is 0.343 e. The average Bonchev–Trinajstić information content (AvgIpc) is 1.28. The maximum Gasteiger partial charge on any atom is 0.393 e. The Morgan fingerprint density at radius 3 is 1.81 bits per heavy atom. The Morgan fingerprint density at radius 2 is 1.22 bits per heavy atom. The van der Waals surface area contributed by atoms with Crippen LogP contribution in [0.5, 0.6) is 0 Å². The molecule has 0 aromatic carbocycles. The Balaban J connectivity index is 1.27. The Kier molecular flexibility index (Phi) is 29.0. The molecule has 3 saturated carbocycles. The molecule has 7 rings (SSSR count). The molecule has 4 heterocycles. The van der Waals surface area contributed by atoms with Gasteiger partial charge in [-0.15, -0.1) is 11.6 Å². The molecule has 564 valence electrons. The number of hydrogen-bond acceptors (Lipinski definition) is 12. The third-order valence-electron chi connectivity index (χ3n) is 23.0. The van der Waals surface area contributed by atoms with Crippen LogP contribution in [0.1, 0.15) is 208 Å². The van der Waals surface area contributed by atoms with Crippen LogP contribution in [-0.2, 0) is 57.5 Å². The molecule has 0 bridgehead atoms. The van der Waals surface area contributed by atoms with E-state index in [2.05, 4.69) is 16.0 Å². The van der Waals surface area contributed by atoms with Crippen LogP contribution in [0.3, 0.4) is 0 Å². The van der Waals surface area contributed by atoms with Gasteiger partial charge in [-0.05, 0) is 133 Å². The summed E-state index contributed by atoms with van der Waals surface area (Å²) in [4.78, 5) is 192. The Labute approximate surface area is 595 Å². The Morgan fingerprint density at radius 1 is 0.590 bits per heavy atom. The molecule has 100 heavy (non-hydrogen) atoms. The minimum atomic E-state index is -4.51. The monoisotopic (exact) mass is 1430 g/mol. The largest absolute Gasteiger partial charge is 0.393 e. The Bertz CT molecular complexity index is 2920. The third-order valence-corrected chi connectivity index (χ3v) is 23.4. The lowest BCUT2D eigenvalue weighted by Crippen LogP contribution is -2.65. The fourth-order valence-electron chi connectivity index (χ4n) is 16.5. The molecule has 28 heteroatoms. The molecular formula is C72H116ClF3N12O12. The van der Waals surface area contributed by atoms with E-state index in [1.165, 1.54) is 88.4 Å².